The lowest BCUT2D eigenvalue weighted by Gasteiger charge is -2.24. The Labute approximate surface area is 106 Å². The number of amides is 1. The number of hydrogen-bond acceptors (Lipinski definition) is 3. The predicted octanol–water partition coefficient (Wildman–Crippen LogP) is 3.03. The van der Waals surface area contributed by atoms with Crippen molar-refractivity contribution in [3.8, 4) is 0 Å². The molecule has 0 fully saturated rings. The highest BCUT2D eigenvalue weighted by molar-refractivity contribution is 6.31. The Balaban J connectivity index is 2.23. The molecule has 0 unspecified atom stereocenters. The van der Waals surface area contributed by atoms with Crippen molar-refractivity contribution in [1.82, 2.24) is 4.98 Å². The summed E-state index contributed by atoms with van der Waals surface area (Å²) in [6.45, 7) is 6.09. The maximum absolute atomic E-state index is 12.0. The van der Waals surface area contributed by atoms with Crippen LogP contribution in [0.15, 0.2) is 12.3 Å². The third kappa shape index (κ3) is 2.52. The normalized spacial score (nSPS) is 14.7. The van der Waals surface area contributed by atoms with E-state index in [0.717, 1.165) is 12.0 Å². The van der Waals surface area contributed by atoms with Gasteiger partial charge in [0.15, 0.2) is 0 Å². The maximum Gasteiger partial charge on any atom is 0.416 e. The van der Waals surface area contributed by atoms with Crippen LogP contribution in [0.4, 0.5) is 10.6 Å². The Kier molecular flexibility index (Phi) is 3.00. The molecule has 0 saturated carbocycles. The zero-order valence-corrected chi connectivity index (χ0v) is 10.9. The van der Waals surface area contributed by atoms with Gasteiger partial charge in [0.1, 0.15) is 11.4 Å². The molecule has 0 radical (unpaired) electrons. The van der Waals surface area contributed by atoms with Crippen LogP contribution in [0.2, 0.25) is 5.02 Å². The Morgan fingerprint density at radius 3 is 2.88 bits per heavy atom. The summed E-state index contributed by atoms with van der Waals surface area (Å²) in [6, 6.07) is 1.74. The van der Waals surface area contributed by atoms with Gasteiger partial charge in [-0.3, -0.25) is 4.90 Å². The lowest BCUT2D eigenvalue weighted by molar-refractivity contribution is 0.0583. The molecule has 0 bridgehead atoms. The largest absolute Gasteiger partial charge is 0.443 e. The first kappa shape index (κ1) is 12.2. The van der Waals surface area contributed by atoms with Crippen LogP contribution in [0, 0.1) is 0 Å². The fraction of sp³-hybridized carbons (Fsp3) is 0.500. The quantitative estimate of drug-likeness (QED) is 0.715. The fourth-order valence-corrected chi connectivity index (χ4v) is 1.98. The molecule has 17 heavy (non-hydrogen) atoms. The smallest absolute Gasteiger partial charge is 0.416 e. The molecular weight excluding hydrogens is 240 g/mol. The summed E-state index contributed by atoms with van der Waals surface area (Å²) < 4.78 is 5.32. The van der Waals surface area contributed by atoms with Crippen molar-refractivity contribution in [1.29, 1.82) is 0 Å². The molecule has 0 aromatic carbocycles. The van der Waals surface area contributed by atoms with Crippen LogP contribution < -0.4 is 4.90 Å². The van der Waals surface area contributed by atoms with E-state index in [0.29, 0.717) is 17.4 Å². The number of nitrogens with zero attached hydrogens (tertiary/aromatic N) is 2. The minimum absolute atomic E-state index is 0.369. The number of hydrogen-bond donors (Lipinski definition) is 0. The van der Waals surface area contributed by atoms with E-state index < -0.39 is 5.60 Å². The Morgan fingerprint density at radius 2 is 2.24 bits per heavy atom. The fourth-order valence-electron chi connectivity index (χ4n) is 1.75. The topological polar surface area (TPSA) is 42.4 Å². The van der Waals surface area contributed by atoms with E-state index in [2.05, 4.69) is 4.98 Å². The van der Waals surface area contributed by atoms with Crippen molar-refractivity contribution in [3.05, 3.63) is 22.8 Å². The van der Waals surface area contributed by atoms with Crippen LogP contribution in [-0.2, 0) is 11.2 Å². The molecule has 1 aliphatic rings. The molecule has 0 atom stereocenters. The molecule has 0 saturated heterocycles. The van der Waals surface area contributed by atoms with Crippen molar-refractivity contribution in [2.75, 3.05) is 11.4 Å². The van der Waals surface area contributed by atoms with Crippen LogP contribution >= 0.6 is 11.6 Å². The second kappa shape index (κ2) is 4.18. The summed E-state index contributed by atoms with van der Waals surface area (Å²) in [5.41, 5.74) is 0.415. The molecule has 92 valence electrons. The first-order valence-electron chi connectivity index (χ1n) is 5.52. The van der Waals surface area contributed by atoms with E-state index in [4.69, 9.17) is 16.3 Å². The van der Waals surface area contributed by atoms with Gasteiger partial charge in [-0.1, -0.05) is 11.6 Å². The summed E-state index contributed by atoms with van der Waals surface area (Å²) in [4.78, 5) is 17.7. The van der Waals surface area contributed by atoms with Crippen LogP contribution in [0.1, 0.15) is 26.3 Å². The van der Waals surface area contributed by atoms with Gasteiger partial charge in [0.2, 0.25) is 0 Å². The molecule has 2 rings (SSSR count). The molecule has 2 heterocycles. The highest BCUT2D eigenvalue weighted by Crippen LogP contribution is 2.31. The third-order valence-electron chi connectivity index (χ3n) is 2.43. The van der Waals surface area contributed by atoms with E-state index in [9.17, 15) is 4.79 Å². The summed E-state index contributed by atoms with van der Waals surface area (Å²) in [5, 5.41) is 0.654. The number of fused-ring (bicyclic) bond motifs is 1. The van der Waals surface area contributed by atoms with Gasteiger partial charge in [0.25, 0.3) is 0 Å². The van der Waals surface area contributed by atoms with Gasteiger partial charge in [-0.25, -0.2) is 9.78 Å². The second-order valence-electron chi connectivity index (χ2n) is 4.98. The van der Waals surface area contributed by atoms with Crippen LogP contribution in [0.5, 0.6) is 0 Å². The van der Waals surface area contributed by atoms with Crippen molar-refractivity contribution in [2.45, 2.75) is 32.8 Å². The molecule has 1 aliphatic heterocycles. The average molecular weight is 255 g/mol. The molecule has 4 nitrogen and oxygen atoms in total. The van der Waals surface area contributed by atoms with Crippen molar-refractivity contribution >= 4 is 23.5 Å². The van der Waals surface area contributed by atoms with E-state index >= 15 is 0 Å². The summed E-state index contributed by atoms with van der Waals surface area (Å²) in [6.07, 6.45) is 1.96. The molecule has 5 heteroatoms. The summed E-state index contributed by atoms with van der Waals surface area (Å²) in [5.74, 6) is 0.617. The van der Waals surface area contributed by atoms with Gasteiger partial charge < -0.3 is 4.74 Å². The highest BCUT2D eigenvalue weighted by atomic mass is 35.5. The number of carbonyl (C=O) groups excluding carboxylic acids is 1. The van der Waals surface area contributed by atoms with Crippen LogP contribution in [-0.4, -0.2) is 23.2 Å². The SMILES string of the molecule is CC(C)(C)OC(=O)N1CCc2c(Cl)ccnc21. The zero-order valence-electron chi connectivity index (χ0n) is 10.2. The van der Waals surface area contributed by atoms with Gasteiger partial charge in [0.05, 0.1) is 0 Å². The summed E-state index contributed by atoms with van der Waals surface area (Å²) in [7, 11) is 0. The Hall–Kier alpha value is -1.29. The Bertz CT molecular complexity index is 454. The molecule has 1 amide bonds. The number of aromatic nitrogens is 1. The Morgan fingerprint density at radius 1 is 1.53 bits per heavy atom. The number of pyridine rings is 1. The first-order chi connectivity index (χ1) is 7.88. The van der Waals surface area contributed by atoms with Gasteiger partial charge in [0, 0.05) is 23.3 Å². The van der Waals surface area contributed by atoms with Crippen molar-refractivity contribution in [2.24, 2.45) is 0 Å². The molecule has 1 aromatic heterocycles. The third-order valence-corrected chi connectivity index (χ3v) is 2.78. The number of anilines is 1. The first-order valence-corrected chi connectivity index (χ1v) is 5.90. The van der Waals surface area contributed by atoms with Crippen LogP contribution in [0.25, 0.3) is 0 Å². The van der Waals surface area contributed by atoms with Crippen molar-refractivity contribution in [3.63, 3.8) is 0 Å². The van der Waals surface area contributed by atoms with Gasteiger partial charge in [-0.15, -0.1) is 0 Å². The van der Waals surface area contributed by atoms with E-state index in [1.54, 1.807) is 12.3 Å². The number of rotatable bonds is 0. The van der Waals surface area contributed by atoms with E-state index in [1.807, 2.05) is 20.8 Å². The van der Waals surface area contributed by atoms with Crippen LogP contribution in [0.3, 0.4) is 0 Å². The van der Waals surface area contributed by atoms with E-state index in [-0.39, 0.29) is 6.09 Å². The molecular formula is C12H15ClN2O2. The molecule has 0 spiro atoms. The maximum atomic E-state index is 12.0. The number of ether oxygens (including phenoxy) is 1. The molecule has 0 aliphatic carbocycles. The van der Waals surface area contributed by atoms with Gasteiger partial charge >= 0.3 is 6.09 Å². The number of carbonyl (C=O) groups is 1. The predicted molar refractivity (Wildman–Crippen MR) is 66.5 cm³/mol. The van der Waals surface area contributed by atoms with E-state index in [1.165, 1.54) is 4.90 Å². The summed E-state index contributed by atoms with van der Waals surface area (Å²) >= 11 is 6.05. The van der Waals surface area contributed by atoms with Gasteiger partial charge in [-0.05, 0) is 33.3 Å². The minimum Gasteiger partial charge on any atom is -0.443 e. The zero-order chi connectivity index (χ0) is 12.6. The molecule has 0 N–H and O–H groups in total. The van der Waals surface area contributed by atoms with Crippen molar-refractivity contribution < 1.29 is 9.53 Å². The lowest BCUT2D eigenvalue weighted by Crippen LogP contribution is -2.36. The minimum atomic E-state index is -0.502. The molecule has 1 aromatic rings. The average Bonchev–Trinajstić information content (AvgIpc) is 2.60. The highest BCUT2D eigenvalue weighted by Gasteiger charge is 2.30. The standard InChI is InChI=1S/C12H15ClN2O2/c1-12(2,3)17-11(16)15-7-5-8-9(13)4-6-14-10(8)15/h4,6H,5,7H2,1-3H3. The lowest BCUT2D eigenvalue weighted by atomic mass is 10.2. The second-order valence-corrected chi connectivity index (χ2v) is 5.38. The van der Waals surface area contributed by atoms with Gasteiger partial charge in [-0.2, -0.15) is 0 Å². The number of halogens is 1. The monoisotopic (exact) mass is 254 g/mol.